The largest absolute Gasteiger partial charge is 0.495 e. The van der Waals surface area contributed by atoms with Crippen molar-refractivity contribution in [2.24, 2.45) is 0 Å². The molecular formula is C19H18BrN5O3. The van der Waals surface area contributed by atoms with Gasteiger partial charge in [-0.15, -0.1) is 5.10 Å². The molecular weight excluding hydrogens is 426 g/mol. The molecule has 3 aromatic rings. The van der Waals surface area contributed by atoms with E-state index in [1.54, 1.807) is 12.1 Å². The van der Waals surface area contributed by atoms with Gasteiger partial charge in [-0.05, 0) is 75.6 Å². The molecule has 144 valence electrons. The molecule has 28 heavy (non-hydrogen) atoms. The maximum Gasteiger partial charge on any atom is 0.255 e. The number of ether oxygens (including phenoxy) is 2. The van der Waals surface area contributed by atoms with Crippen molar-refractivity contribution < 1.29 is 14.3 Å². The first-order chi connectivity index (χ1) is 13.6. The molecule has 1 amide bonds. The lowest BCUT2D eigenvalue weighted by molar-refractivity contribution is 0.102. The number of hydrogen-bond donors (Lipinski definition) is 1. The van der Waals surface area contributed by atoms with Crippen LogP contribution in [-0.2, 0) is 0 Å². The van der Waals surface area contributed by atoms with E-state index in [0.29, 0.717) is 33.3 Å². The van der Waals surface area contributed by atoms with E-state index in [0.717, 1.165) is 24.2 Å². The first-order valence-corrected chi connectivity index (χ1v) is 9.51. The number of halogens is 1. The van der Waals surface area contributed by atoms with Crippen molar-refractivity contribution in [1.29, 1.82) is 0 Å². The highest BCUT2D eigenvalue weighted by atomic mass is 79.9. The molecule has 4 rings (SSSR count). The summed E-state index contributed by atoms with van der Waals surface area (Å²) in [5, 5.41) is 14.8. The minimum absolute atomic E-state index is 0.264. The molecule has 1 fully saturated rings. The lowest BCUT2D eigenvalue weighted by atomic mass is 10.1. The van der Waals surface area contributed by atoms with Gasteiger partial charge in [-0.2, -0.15) is 0 Å². The lowest BCUT2D eigenvalue weighted by Gasteiger charge is -2.12. The van der Waals surface area contributed by atoms with Gasteiger partial charge in [0.15, 0.2) is 5.82 Å². The Balaban J connectivity index is 1.53. The van der Waals surface area contributed by atoms with Crippen LogP contribution in [0, 0.1) is 0 Å². The molecule has 0 atom stereocenters. The number of rotatable bonds is 6. The van der Waals surface area contributed by atoms with Gasteiger partial charge >= 0.3 is 0 Å². The van der Waals surface area contributed by atoms with Crippen molar-refractivity contribution in [3.05, 3.63) is 46.4 Å². The zero-order valence-electron chi connectivity index (χ0n) is 15.3. The van der Waals surface area contributed by atoms with Gasteiger partial charge in [-0.3, -0.25) is 4.79 Å². The minimum atomic E-state index is -0.264. The molecule has 1 heterocycles. The highest BCUT2D eigenvalue weighted by Crippen LogP contribution is 2.37. The Hall–Kier alpha value is -2.94. The normalized spacial score (nSPS) is 13.2. The number of carbonyl (C=O) groups is 1. The van der Waals surface area contributed by atoms with Crippen LogP contribution in [0.5, 0.6) is 11.5 Å². The molecule has 0 radical (unpaired) electrons. The van der Waals surface area contributed by atoms with Crippen molar-refractivity contribution in [1.82, 2.24) is 20.2 Å². The second-order valence-electron chi connectivity index (χ2n) is 6.40. The van der Waals surface area contributed by atoms with E-state index in [4.69, 9.17) is 9.47 Å². The number of anilines is 1. The predicted molar refractivity (Wildman–Crippen MR) is 107 cm³/mol. The van der Waals surface area contributed by atoms with Crippen LogP contribution in [0.1, 0.15) is 29.2 Å². The summed E-state index contributed by atoms with van der Waals surface area (Å²) in [5.41, 5.74) is 2.00. The fourth-order valence-corrected chi connectivity index (χ4v) is 3.41. The number of methoxy groups -OCH3 is 2. The summed E-state index contributed by atoms with van der Waals surface area (Å²) in [7, 11) is 3.07. The number of nitrogens with zero attached hydrogens (tertiary/aromatic N) is 4. The van der Waals surface area contributed by atoms with Gasteiger partial charge in [-0.25, -0.2) is 4.68 Å². The Labute approximate surface area is 170 Å². The smallest absolute Gasteiger partial charge is 0.255 e. The zero-order chi connectivity index (χ0) is 19.7. The van der Waals surface area contributed by atoms with Crippen LogP contribution < -0.4 is 14.8 Å². The first-order valence-electron chi connectivity index (χ1n) is 8.72. The van der Waals surface area contributed by atoms with E-state index in [1.165, 1.54) is 14.2 Å². The van der Waals surface area contributed by atoms with Crippen LogP contribution in [0.15, 0.2) is 40.9 Å². The monoisotopic (exact) mass is 443 g/mol. The zero-order valence-corrected chi connectivity index (χ0v) is 16.9. The second kappa shape index (κ2) is 7.59. The van der Waals surface area contributed by atoms with E-state index < -0.39 is 0 Å². The summed E-state index contributed by atoms with van der Waals surface area (Å²) in [4.78, 5) is 12.7. The average Bonchev–Trinajstić information content (AvgIpc) is 3.45. The Bertz CT molecular complexity index is 990. The summed E-state index contributed by atoms with van der Waals surface area (Å²) < 4.78 is 13.1. The number of aromatic nitrogens is 4. The van der Waals surface area contributed by atoms with E-state index in [9.17, 15) is 4.79 Å². The third-order valence-corrected chi connectivity index (χ3v) is 5.28. The molecule has 1 saturated carbocycles. The summed E-state index contributed by atoms with van der Waals surface area (Å²) in [6.07, 6.45) is 2.21. The summed E-state index contributed by atoms with van der Waals surface area (Å²) in [6, 6.07) is 11.1. The Kier molecular flexibility index (Phi) is 4.99. The highest BCUT2D eigenvalue weighted by Gasteiger charge is 2.28. The summed E-state index contributed by atoms with van der Waals surface area (Å²) >= 11 is 3.40. The van der Waals surface area contributed by atoms with Crippen LogP contribution >= 0.6 is 15.9 Å². The van der Waals surface area contributed by atoms with Gasteiger partial charge in [0.1, 0.15) is 16.0 Å². The molecule has 1 aliphatic carbocycles. The van der Waals surface area contributed by atoms with Crippen molar-refractivity contribution in [2.75, 3.05) is 19.5 Å². The quantitative estimate of drug-likeness (QED) is 0.624. The number of nitrogens with one attached hydrogen (secondary N) is 1. The van der Waals surface area contributed by atoms with Crippen molar-refractivity contribution in [2.45, 2.75) is 18.9 Å². The van der Waals surface area contributed by atoms with Gasteiger partial charge < -0.3 is 14.8 Å². The molecule has 2 aromatic carbocycles. The third kappa shape index (κ3) is 3.57. The molecule has 9 heteroatoms. The average molecular weight is 444 g/mol. The van der Waals surface area contributed by atoms with Crippen molar-refractivity contribution >= 4 is 27.5 Å². The van der Waals surface area contributed by atoms with Crippen LogP contribution in [0.2, 0.25) is 0 Å². The molecule has 1 N–H and O–H groups in total. The predicted octanol–water partition coefficient (Wildman–Crippen LogP) is 3.71. The van der Waals surface area contributed by atoms with Crippen molar-refractivity contribution in [3.63, 3.8) is 0 Å². The Morgan fingerprint density at radius 3 is 2.36 bits per heavy atom. The lowest BCUT2D eigenvalue weighted by Crippen LogP contribution is -2.12. The topological polar surface area (TPSA) is 91.2 Å². The van der Waals surface area contributed by atoms with E-state index >= 15 is 0 Å². The molecule has 1 aliphatic rings. The number of benzene rings is 2. The molecule has 0 unspecified atom stereocenters. The SMILES string of the molecule is COc1cc(C(=O)Nc2ccc(-c3nnnn3C3CC3)cc2)cc(OC)c1Br. The summed E-state index contributed by atoms with van der Waals surface area (Å²) in [6.45, 7) is 0. The molecule has 0 saturated heterocycles. The maximum atomic E-state index is 12.7. The van der Waals surface area contributed by atoms with Gasteiger partial charge in [-0.1, -0.05) is 0 Å². The Morgan fingerprint density at radius 2 is 1.79 bits per heavy atom. The number of carbonyl (C=O) groups excluding carboxylic acids is 1. The fraction of sp³-hybridized carbons (Fsp3) is 0.263. The highest BCUT2D eigenvalue weighted by molar-refractivity contribution is 9.10. The van der Waals surface area contributed by atoms with Crippen LogP contribution in [0.4, 0.5) is 5.69 Å². The Morgan fingerprint density at radius 1 is 1.14 bits per heavy atom. The van der Waals surface area contributed by atoms with E-state index in [1.807, 2.05) is 28.9 Å². The molecule has 8 nitrogen and oxygen atoms in total. The molecule has 0 bridgehead atoms. The minimum Gasteiger partial charge on any atom is -0.495 e. The van der Waals surface area contributed by atoms with Gasteiger partial charge in [0, 0.05) is 16.8 Å². The molecule has 0 spiro atoms. The van der Waals surface area contributed by atoms with Crippen LogP contribution in [0.25, 0.3) is 11.4 Å². The van der Waals surface area contributed by atoms with E-state index in [-0.39, 0.29) is 5.91 Å². The van der Waals surface area contributed by atoms with Crippen molar-refractivity contribution in [3.8, 4) is 22.9 Å². The van der Waals surface area contributed by atoms with E-state index in [2.05, 4.69) is 36.8 Å². The third-order valence-electron chi connectivity index (χ3n) is 4.49. The summed E-state index contributed by atoms with van der Waals surface area (Å²) in [5.74, 6) is 1.51. The van der Waals surface area contributed by atoms with Gasteiger partial charge in [0.05, 0.1) is 20.3 Å². The second-order valence-corrected chi connectivity index (χ2v) is 7.20. The fourth-order valence-electron chi connectivity index (χ4n) is 2.86. The number of tetrazole rings is 1. The van der Waals surface area contributed by atoms with Crippen LogP contribution in [0.3, 0.4) is 0 Å². The standard InChI is InChI=1S/C19H18BrN5O3/c1-27-15-9-12(10-16(28-2)17(15)20)19(26)21-13-5-3-11(4-6-13)18-22-23-24-25(18)14-7-8-14/h3-6,9-10,14H,7-8H2,1-2H3,(H,21,26). The number of amides is 1. The molecule has 0 aliphatic heterocycles. The number of hydrogen-bond acceptors (Lipinski definition) is 6. The van der Waals surface area contributed by atoms with Crippen LogP contribution in [-0.4, -0.2) is 40.3 Å². The maximum absolute atomic E-state index is 12.7. The molecule has 1 aromatic heterocycles. The van der Waals surface area contributed by atoms with Gasteiger partial charge in [0.25, 0.3) is 5.91 Å². The first kappa shape index (κ1) is 18.4. The van der Waals surface area contributed by atoms with Gasteiger partial charge in [0.2, 0.25) is 0 Å².